The van der Waals surface area contributed by atoms with Crippen molar-refractivity contribution >= 4 is 17.2 Å². The SMILES string of the molecule is O=C(c1csc(-c2ccccc2F)n1)N(Cc1ccncc1)C1CC1. The van der Waals surface area contributed by atoms with Gasteiger partial charge in [-0.05, 0) is 42.7 Å². The third-order valence-electron chi connectivity index (χ3n) is 4.18. The lowest BCUT2D eigenvalue weighted by atomic mass is 10.2. The fourth-order valence-electron chi connectivity index (χ4n) is 2.72. The molecular weight excluding hydrogens is 337 g/mol. The van der Waals surface area contributed by atoms with Crippen LogP contribution in [0.5, 0.6) is 0 Å². The Hall–Kier alpha value is -2.60. The van der Waals surface area contributed by atoms with E-state index >= 15 is 0 Å². The Morgan fingerprint density at radius 3 is 2.68 bits per heavy atom. The third-order valence-corrected chi connectivity index (χ3v) is 5.05. The number of aromatic nitrogens is 2. The average Bonchev–Trinajstić information content (AvgIpc) is 3.37. The summed E-state index contributed by atoms with van der Waals surface area (Å²) >= 11 is 1.29. The van der Waals surface area contributed by atoms with Gasteiger partial charge >= 0.3 is 0 Å². The Labute approximate surface area is 149 Å². The summed E-state index contributed by atoms with van der Waals surface area (Å²) in [5.74, 6) is -0.426. The van der Waals surface area contributed by atoms with E-state index in [4.69, 9.17) is 0 Å². The Kier molecular flexibility index (Phi) is 4.28. The quantitative estimate of drug-likeness (QED) is 0.692. The minimum absolute atomic E-state index is 0.0989. The van der Waals surface area contributed by atoms with Crippen LogP contribution in [0, 0.1) is 5.82 Å². The van der Waals surface area contributed by atoms with Crippen molar-refractivity contribution in [2.24, 2.45) is 0 Å². The molecule has 0 bridgehead atoms. The second-order valence-corrected chi connectivity index (χ2v) is 6.90. The second kappa shape index (κ2) is 6.72. The molecule has 2 aromatic heterocycles. The molecule has 1 aliphatic rings. The smallest absolute Gasteiger partial charge is 0.273 e. The van der Waals surface area contributed by atoms with Gasteiger partial charge < -0.3 is 4.90 Å². The fourth-order valence-corrected chi connectivity index (χ4v) is 3.54. The maximum absolute atomic E-state index is 13.9. The second-order valence-electron chi connectivity index (χ2n) is 6.04. The number of thiazole rings is 1. The predicted octanol–water partition coefficient (Wildman–Crippen LogP) is 4.15. The van der Waals surface area contributed by atoms with Crippen molar-refractivity contribution in [3.05, 3.63) is 71.2 Å². The molecule has 2 heterocycles. The highest BCUT2D eigenvalue weighted by atomic mass is 32.1. The van der Waals surface area contributed by atoms with Gasteiger partial charge in [0.25, 0.3) is 5.91 Å². The predicted molar refractivity (Wildman–Crippen MR) is 94.6 cm³/mol. The largest absolute Gasteiger partial charge is 0.330 e. The summed E-state index contributed by atoms with van der Waals surface area (Å²) in [5.41, 5.74) is 1.85. The van der Waals surface area contributed by atoms with Crippen LogP contribution in [0.25, 0.3) is 10.6 Å². The van der Waals surface area contributed by atoms with Gasteiger partial charge in [-0.25, -0.2) is 9.37 Å². The van der Waals surface area contributed by atoms with Crippen molar-refractivity contribution in [2.75, 3.05) is 0 Å². The molecule has 1 fully saturated rings. The first kappa shape index (κ1) is 15.9. The first-order chi connectivity index (χ1) is 12.2. The highest BCUT2D eigenvalue weighted by molar-refractivity contribution is 7.13. The number of carbonyl (C=O) groups is 1. The first-order valence-corrected chi connectivity index (χ1v) is 9.00. The van der Waals surface area contributed by atoms with E-state index < -0.39 is 0 Å². The number of hydrogen-bond donors (Lipinski definition) is 0. The molecule has 1 amide bonds. The van der Waals surface area contributed by atoms with E-state index in [0.29, 0.717) is 22.8 Å². The van der Waals surface area contributed by atoms with Gasteiger partial charge in [-0.1, -0.05) is 12.1 Å². The molecule has 0 unspecified atom stereocenters. The van der Waals surface area contributed by atoms with Crippen LogP contribution in [0.4, 0.5) is 4.39 Å². The van der Waals surface area contributed by atoms with E-state index in [9.17, 15) is 9.18 Å². The van der Waals surface area contributed by atoms with E-state index in [1.54, 1.807) is 36.0 Å². The van der Waals surface area contributed by atoms with Crippen LogP contribution in [-0.4, -0.2) is 26.8 Å². The molecule has 0 N–H and O–H groups in total. The van der Waals surface area contributed by atoms with Crippen molar-refractivity contribution in [2.45, 2.75) is 25.4 Å². The van der Waals surface area contributed by atoms with E-state index in [2.05, 4.69) is 9.97 Å². The number of benzene rings is 1. The summed E-state index contributed by atoms with van der Waals surface area (Å²) in [6.07, 6.45) is 5.48. The summed E-state index contributed by atoms with van der Waals surface area (Å²) < 4.78 is 13.9. The van der Waals surface area contributed by atoms with E-state index in [1.165, 1.54) is 17.4 Å². The van der Waals surface area contributed by atoms with Gasteiger partial charge in [-0.3, -0.25) is 9.78 Å². The minimum Gasteiger partial charge on any atom is -0.330 e. The number of nitrogens with zero attached hydrogens (tertiary/aromatic N) is 3. The van der Waals surface area contributed by atoms with Crippen molar-refractivity contribution in [1.82, 2.24) is 14.9 Å². The lowest BCUT2D eigenvalue weighted by molar-refractivity contribution is 0.0725. The van der Waals surface area contributed by atoms with Crippen LogP contribution in [0.1, 0.15) is 28.9 Å². The standard InChI is InChI=1S/C19H16FN3OS/c20-16-4-2-1-3-15(16)18-22-17(12-25-18)19(24)23(14-5-6-14)11-13-7-9-21-10-8-13/h1-4,7-10,12,14H,5-6,11H2. The number of halogens is 1. The van der Waals surface area contributed by atoms with Gasteiger partial charge in [0.1, 0.15) is 16.5 Å². The molecule has 0 spiro atoms. The molecule has 1 aliphatic carbocycles. The molecule has 4 rings (SSSR count). The van der Waals surface area contributed by atoms with Gasteiger partial charge in [0.15, 0.2) is 0 Å². The van der Waals surface area contributed by atoms with Crippen molar-refractivity contribution in [3.63, 3.8) is 0 Å². The maximum atomic E-state index is 13.9. The summed E-state index contributed by atoms with van der Waals surface area (Å²) in [5, 5.41) is 2.24. The molecule has 126 valence electrons. The van der Waals surface area contributed by atoms with Crippen LogP contribution in [0.2, 0.25) is 0 Å². The maximum Gasteiger partial charge on any atom is 0.273 e. The molecule has 25 heavy (non-hydrogen) atoms. The number of carbonyl (C=O) groups excluding carboxylic acids is 1. The summed E-state index contributed by atoms with van der Waals surface area (Å²) in [6, 6.07) is 10.6. The van der Waals surface area contributed by atoms with Gasteiger partial charge in [-0.2, -0.15) is 0 Å². The summed E-state index contributed by atoms with van der Waals surface area (Å²) in [4.78, 5) is 23.2. The van der Waals surface area contributed by atoms with Crippen LogP contribution >= 0.6 is 11.3 Å². The monoisotopic (exact) mass is 353 g/mol. The van der Waals surface area contributed by atoms with Crippen molar-refractivity contribution in [1.29, 1.82) is 0 Å². The van der Waals surface area contributed by atoms with E-state index in [1.807, 2.05) is 17.0 Å². The third kappa shape index (κ3) is 3.44. The lowest BCUT2D eigenvalue weighted by Crippen LogP contribution is -2.32. The zero-order chi connectivity index (χ0) is 17.2. The first-order valence-electron chi connectivity index (χ1n) is 8.12. The molecule has 0 atom stereocenters. The molecule has 1 aromatic carbocycles. The van der Waals surface area contributed by atoms with Crippen LogP contribution < -0.4 is 0 Å². The Balaban J connectivity index is 1.58. The van der Waals surface area contributed by atoms with Crippen LogP contribution in [-0.2, 0) is 6.54 Å². The van der Waals surface area contributed by atoms with E-state index in [-0.39, 0.29) is 17.8 Å². The van der Waals surface area contributed by atoms with Crippen LogP contribution in [0.15, 0.2) is 54.2 Å². The molecule has 0 radical (unpaired) electrons. The van der Waals surface area contributed by atoms with Crippen LogP contribution in [0.3, 0.4) is 0 Å². The van der Waals surface area contributed by atoms with E-state index in [0.717, 1.165) is 18.4 Å². The Morgan fingerprint density at radius 2 is 1.96 bits per heavy atom. The molecule has 4 nitrogen and oxygen atoms in total. The zero-order valence-electron chi connectivity index (χ0n) is 13.4. The Morgan fingerprint density at radius 1 is 1.20 bits per heavy atom. The molecule has 1 saturated carbocycles. The summed E-state index contributed by atoms with van der Waals surface area (Å²) in [7, 11) is 0. The normalized spacial score (nSPS) is 13.6. The molecule has 3 aromatic rings. The minimum atomic E-state index is -0.327. The number of hydrogen-bond acceptors (Lipinski definition) is 4. The zero-order valence-corrected chi connectivity index (χ0v) is 14.2. The lowest BCUT2D eigenvalue weighted by Gasteiger charge is -2.21. The number of amides is 1. The fraction of sp³-hybridized carbons (Fsp3) is 0.211. The molecule has 0 saturated heterocycles. The molecule has 0 aliphatic heterocycles. The van der Waals surface area contributed by atoms with Crippen molar-refractivity contribution < 1.29 is 9.18 Å². The molecule has 6 heteroatoms. The molecular formula is C19H16FN3OS. The average molecular weight is 353 g/mol. The Bertz CT molecular complexity index is 892. The number of rotatable bonds is 5. The van der Waals surface area contributed by atoms with Gasteiger partial charge in [-0.15, -0.1) is 11.3 Å². The topological polar surface area (TPSA) is 46.1 Å². The van der Waals surface area contributed by atoms with Gasteiger partial charge in [0.2, 0.25) is 0 Å². The highest BCUT2D eigenvalue weighted by Crippen LogP contribution is 2.31. The summed E-state index contributed by atoms with van der Waals surface area (Å²) in [6.45, 7) is 0.540. The van der Waals surface area contributed by atoms with Gasteiger partial charge in [0.05, 0.1) is 0 Å². The number of pyridine rings is 1. The highest BCUT2D eigenvalue weighted by Gasteiger charge is 2.34. The van der Waals surface area contributed by atoms with Gasteiger partial charge in [0, 0.05) is 35.9 Å². The van der Waals surface area contributed by atoms with Crippen molar-refractivity contribution in [3.8, 4) is 10.6 Å².